The molecular weight excluding hydrogens is 749 g/mol. The van der Waals surface area contributed by atoms with Gasteiger partial charge in [-0.3, -0.25) is 9.78 Å². The van der Waals surface area contributed by atoms with Crippen LogP contribution in [-0.4, -0.2) is 33.6 Å². The van der Waals surface area contributed by atoms with E-state index in [4.69, 9.17) is 20.1 Å². The summed E-state index contributed by atoms with van der Waals surface area (Å²) in [7, 11) is -1.34. The van der Waals surface area contributed by atoms with Crippen LogP contribution >= 0.6 is 47.8 Å². The molecule has 2 heterocycles. The van der Waals surface area contributed by atoms with Gasteiger partial charge in [-0.15, -0.1) is 0 Å². The van der Waals surface area contributed by atoms with E-state index < -0.39 is 7.12 Å². The molecule has 0 aliphatic heterocycles. The van der Waals surface area contributed by atoms with Gasteiger partial charge >= 0.3 is 110 Å². The zero-order chi connectivity index (χ0) is 26.9. The minimum atomic E-state index is -1.34. The van der Waals surface area contributed by atoms with Crippen LogP contribution in [-0.2, 0) is 9.68 Å². The molecule has 0 aliphatic rings. The molecule has 0 radical (unpaired) electrons. The summed E-state index contributed by atoms with van der Waals surface area (Å²) in [6.45, 7) is 3.91. The summed E-state index contributed by atoms with van der Waals surface area (Å²) in [4.78, 5) is 19.6. The maximum atomic E-state index is 8.64. The van der Waals surface area contributed by atoms with Gasteiger partial charge < -0.3 is 21.6 Å². The summed E-state index contributed by atoms with van der Waals surface area (Å²) in [5.41, 5.74) is 5.10. The molecule has 4 rings (SSSR count). The molecule has 0 spiro atoms. The van der Waals surface area contributed by atoms with E-state index in [1.54, 1.807) is 30.5 Å². The standard InChI is InChI=1S/C12H10BrN.C6H7BO2.C6H5Br2N.CH2O3.CH4.2K.H/c1-9-7-12(14-8-11(9)13)10-5-3-2-4-6-10;8-7(9)6-4-2-1-3-5-6;1-4-2-6(8)9-3-5(4)7;2-1-4-3;;;;/h2-8H,1H3;1-5,8-9H;2-3H,1H3;1,3H;1H4;;;/q;;;;;2*+1;-1/p-1. The summed E-state index contributed by atoms with van der Waals surface area (Å²) < 4.78 is 2.98. The number of aryl methyl sites for hydroxylation is 2. The Hall–Kier alpha value is 0.868. The van der Waals surface area contributed by atoms with Gasteiger partial charge in [0.2, 0.25) is 0 Å². The number of pyridine rings is 2. The van der Waals surface area contributed by atoms with E-state index in [0.29, 0.717) is 5.46 Å². The first-order valence-electron chi connectivity index (χ1n) is 10.3. The molecule has 2 N–H and O–H groups in total. The Morgan fingerprint density at radius 1 is 0.846 bits per heavy atom. The van der Waals surface area contributed by atoms with Crippen molar-refractivity contribution >= 4 is 66.8 Å². The average Bonchev–Trinajstić information content (AvgIpc) is 2.90. The van der Waals surface area contributed by atoms with Crippen LogP contribution in [0.15, 0.2) is 98.7 Å². The van der Waals surface area contributed by atoms with Gasteiger partial charge in [0.25, 0.3) is 6.47 Å². The number of carbonyl (C=O) groups is 1. The Bertz CT molecular complexity index is 1210. The number of rotatable bonds is 3. The summed E-state index contributed by atoms with van der Waals surface area (Å²) >= 11 is 10.0. The van der Waals surface area contributed by atoms with Crippen molar-refractivity contribution in [1.82, 2.24) is 9.97 Å². The minimum absolute atomic E-state index is 0. The molecule has 0 bridgehead atoms. The van der Waals surface area contributed by atoms with Crippen molar-refractivity contribution in [1.29, 1.82) is 0 Å². The smallest absolute Gasteiger partial charge is 1.00 e. The van der Waals surface area contributed by atoms with E-state index in [-0.39, 0.29) is 118 Å². The van der Waals surface area contributed by atoms with Gasteiger partial charge in [0, 0.05) is 26.9 Å². The van der Waals surface area contributed by atoms with Crippen LogP contribution in [0.2, 0.25) is 0 Å². The van der Waals surface area contributed by atoms with Crippen LogP contribution in [0.25, 0.3) is 11.3 Å². The van der Waals surface area contributed by atoms with Crippen LogP contribution in [0.5, 0.6) is 0 Å². The molecule has 7 nitrogen and oxygen atoms in total. The fraction of sp³-hybridized carbons (Fsp3) is 0.115. The van der Waals surface area contributed by atoms with Crippen molar-refractivity contribution in [2.45, 2.75) is 21.3 Å². The van der Waals surface area contributed by atoms with Gasteiger partial charge in [0.05, 0.1) is 5.69 Å². The quantitative estimate of drug-likeness (QED) is 0.0931. The third-order valence-electron chi connectivity index (χ3n) is 4.27. The van der Waals surface area contributed by atoms with Gasteiger partial charge in [0.1, 0.15) is 4.60 Å². The number of benzene rings is 2. The monoisotopic (exact) mass is 774 g/mol. The molecule has 0 aliphatic carbocycles. The second-order valence-electron chi connectivity index (χ2n) is 6.92. The maximum absolute atomic E-state index is 8.64. The predicted molar refractivity (Wildman–Crippen MR) is 158 cm³/mol. The van der Waals surface area contributed by atoms with Crippen LogP contribution in [0.3, 0.4) is 0 Å². The summed E-state index contributed by atoms with van der Waals surface area (Å²) in [5, 5.41) is 25.6. The molecule has 4 aromatic rings. The largest absolute Gasteiger partial charge is 1.00 e. The second-order valence-corrected chi connectivity index (χ2v) is 9.44. The fourth-order valence-corrected chi connectivity index (χ4v) is 3.32. The number of hydrogen-bond acceptors (Lipinski definition) is 7. The first-order chi connectivity index (χ1) is 17.2. The normalized spacial score (nSPS) is 8.51. The van der Waals surface area contributed by atoms with E-state index in [9.17, 15) is 0 Å². The van der Waals surface area contributed by atoms with Crippen LogP contribution in [0, 0.1) is 13.8 Å². The molecular formula is C26H28BBr3K2N2O5. The molecule has 0 unspecified atom stereocenters. The average molecular weight is 777 g/mol. The Morgan fingerprint density at radius 3 is 1.64 bits per heavy atom. The molecule has 2 aromatic carbocycles. The van der Waals surface area contributed by atoms with Gasteiger partial charge in [-0.25, -0.2) is 4.98 Å². The first kappa shape index (κ1) is 44.3. The van der Waals surface area contributed by atoms with Crippen LogP contribution in [0.1, 0.15) is 20.0 Å². The van der Waals surface area contributed by atoms with Crippen LogP contribution in [0.4, 0.5) is 0 Å². The molecule has 39 heavy (non-hydrogen) atoms. The molecule has 13 heteroatoms. The fourth-order valence-electron chi connectivity index (χ4n) is 2.44. The van der Waals surface area contributed by atoms with Gasteiger partial charge in [-0.05, 0) is 90.4 Å². The molecule has 0 saturated carbocycles. The van der Waals surface area contributed by atoms with Gasteiger partial charge in [-0.1, -0.05) is 68.1 Å². The number of hydrogen-bond donors (Lipinski definition) is 2. The molecule has 198 valence electrons. The van der Waals surface area contributed by atoms with Crippen LogP contribution < -0.4 is 113 Å². The molecule has 0 amide bonds. The number of carbonyl (C=O) groups excluding carboxylic acids is 1. The van der Waals surface area contributed by atoms with E-state index in [0.717, 1.165) is 24.8 Å². The SMILES string of the molecule is C.Cc1cc(-c2ccccc2)ncc1Br.Cc1cc(Br)ncc1Br.O=CO[O-].OB(O)c1ccccc1.[H-].[K+].[K+]. The van der Waals surface area contributed by atoms with Crippen molar-refractivity contribution in [3.05, 3.63) is 110 Å². The Kier molecular flexibility index (Phi) is 30.1. The van der Waals surface area contributed by atoms with E-state index in [1.165, 1.54) is 11.1 Å². The van der Waals surface area contributed by atoms with Gasteiger partial charge in [0.15, 0.2) is 0 Å². The van der Waals surface area contributed by atoms with Crippen molar-refractivity contribution in [2.24, 2.45) is 0 Å². The zero-order valence-corrected chi connectivity index (χ0v) is 32.4. The van der Waals surface area contributed by atoms with Crippen molar-refractivity contribution in [3.8, 4) is 11.3 Å². The number of aromatic nitrogens is 2. The minimum Gasteiger partial charge on any atom is -1.00 e. The van der Waals surface area contributed by atoms with Gasteiger partial charge in [-0.2, -0.15) is 0 Å². The Balaban J connectivity index is -0.000000223. The topological polar surface area (TPSA) is 116 Å². The second kappa shape index (κ2) is 26.5. The molecule has 0 saturated heterocycles. The third kappa shape index (κ3) is 19.6. The summed E-state index contributed by atoms with van der Waals surface area (Å²) in [5.74, 6) is 0. The van der Waals surface area contributed by atoms with E-state index in [2.05, 4.69) is 87.8 Å². The molecule has 2 aromatic heterocycles. The van der Waals surface area contributed by atoms with Crippen molar-refractivity contribution in [3.63, 3.8) is 0 Å². The Labute approximate surface area is 342 Å². The third-order valence-corrected chi connectivity index (χ3v) is 6.36. The zero-order valence-electron chi connectivity index (χ0n) is 22.4. The van der Waals surface area contributed by atoms with E-state index in [1.807, 2.05) is 43.5 Å². The predicted octanol–water partition coefficient (Wildman–Crippen LogP) is -0.708. The van der Waals surface area contributed by atoms with E-state index >= 15 is 0 Å². The van der Waals surface area contributed by atoms with Crippen molar-refractivity contribution < 1.29 is 129 Å². The Morgan fingerprint density at radius 2 is 1.28 bits per heavy atom. The first-order valence-corrected chi connectivity index (χ1v) is 12.7. The van der Waals surface area contributed by atoms with Crippen molar-refractivity contribution in [2.75, 3.05) is 0 Å². The summed E-state index contributed by atoms with van der Waals surface area (Å²) in [6, 6.07) is 22.9. The number of nitrogens with zero attached hydrogens (tertiary/aromatic N) is 2. The number of halogens is 3. The summed E-state index contributed by atoms with van der Waals surface area (Å²) in [6.07, 6.45) is 3.62. The maximum Gasteiger partial charge on any atom is 1.00 e. The molecule has 0 fully saturated rings. The molecule has 0 atom stereocenters.